The Morgan fingerprint density at radius 3 is 2.07 bits per heavy atom. The summed E-state index contributed by atoms with van der Waals surface area (Å²) in [6, 6.07) is 20.7. The lowest BCUT2D eigenvalue weighted by Gasteiger charge is -2.33. The van der Waals surface area contributed by atoms with E-state index in [9.17, 15) is 18.0 Å². The van der Waals surface area contributed by atoms with E-state index in [0.717, 1.165) is 47.9 Å². The van der Waals surface area contributed by atoms with Crippen LogP contribution < -0.4 is 9.62 Å². The van der Waals surface area contributed by atoms with Crippen LogP contribution in [-0.4, -0.2) is 43.8 Å². The molecule has 3 aromatic carbocycles. The average molecular weight is 576 g/mol. The average Bonchev–Trinajstić information content (AvgIpc) is 2.95. The first-order valence-corrected chi connectivity index (χ1v) is 15.8. The fraction of sp³-hybridized carbons (Fsp3) is 0.394. The molecule has 1 N–H and O–H groups in total. The molecule has 0 spiro atoms. The summed E-state index contributed by atoms with van der Waals surface area (Å²) in [7, 11) is -4.08. The molecule has 3 aromatic rings. The van der Waals surface area contributed by atoms with Gasteiger partial charge in [0.1, 0.15) is 12.6 Å². The van der Waals surface area contributed by atoms with E-state index in [2.05, 4.69) is 5.32 Å². The summed E-state index contributed by atoms with van der Waals surface area (Å²) in [6.45, 7) is 7.25. The zero-order valence-electron chi connectivity index (χ0n) is 24.5. The Kier molecular flexibility index (Phi) is 9.86. The second kappa shape index (κ2) is 13.3. The molecule has 1 atom stereocenters. The van der Waals surface area contributed by atoms with Gasteiger partial charge in [-0.15, -0.1) is 0 Å². The number of amides is 2. The van der Waals surface area contributed by atoms with Gasteiger partial charge in [0.2, 0.25) is 11.8 Å². The first kappa shape index (κ1) is 30.3. The number of sulfonamides is 1. The molecule has 7 nitrogen and oxygen atoms in total. The van der Waals surface area contributed by atoms with E-state index in [0.29, 0.717) is 5.69 Å². The number of nitrogens with one attached hydrogen (secondary N) is 1. The summed E-state index contributed by atoms with van der Waals surface area (Å²) >= 11 is 0. The third-order valence-corrected chi connectivity index (χ3v) is 9.48. The molecular weight excluding hydrogens is 534 g/mol. The van der Waals surface area contributed by atoms with Crippen molar-refractivity contribution >= 4 is 27.5 Å². The summed E-state index contributed by atoms with van der Waals surface area (Å²) in [5.41, 5.74) is 4.14. The van der Waals surface area contributed by atoms with Crippen LogP contribution in [-0.2, 0) is 26.2 Å². The second-order valence-corrected chi connectivity index (χ2v) is 13.1. The maximum atomic E-state index is 14.1. The minimum Gasteiger partial charge on any atom is -0.352 e. The first-order valence-electron chi connectivity index (χ1n) is 14.4. The Morgan fingerprint density at radius 2 is 1.46 bits per heavy atom. The summed E-state index contributed by atoms with van der Waals surface area (Å²) in [5, 5.41) is 3.14. The molecule has 0 bridgehead atoms. The summed E-state index contributed by atoms with van der Waals surface area (Å²) in [4.78, 5) is 29.1. The maximum Gasteiger partial charge on any atom is 0.264 e. The number of carbonyl (C=O) groups is 2. The van der Waals surface area contributed by atoms with Gasteiger partial charge >= 0.3 is 0 Å². The van der Waals surface area contributed by atoms with Crippen LogP contribution in [0.15, 0.2) is 77.7 Å². The highest BCUT2D eigenvalue weighted by Crippen LogP contribution is 2.27. The summed E-state index contributed by atoms with van der Waals surface area (Å²) < 4.78 is 29.1. The van der Waals surface area contributed by atoms with Gasteiger partial charge in [0, 0.05) is 12.6 Å². The highest BCUT2D eigenvalue weighted by Gasteiger charge is 2.33. The zero-order valence-corrected chi connectivity index (χ0v) is 25.3. The van der Waals surface area contributed by atoms with Crippen molar-refractivity contribution in [1.29, 1.82) is 0 Å². The van der Waals surface area contributed by atoms with E-state index in [4.69, 9.17) is 0 Å². The molecule has 1 aliphatic carbocycles. The fourth-order valence-electron chi connectivity index (χ4n) is 5.38. The number of aryl methyl sites for hydroxylation is 3. The summed E-state index contributed by atoms with van der Waals surface area (Å²) in [5.74, 6) is -0.670. The maximum absolute atomic E-state index is 14.1. The topological polar surface area (TPSA) is 86.8 Å². The molecule has 0 radical (unpaired) electrons. The van der Waals surface area contributed by atoms with Crippen molar-refractivity contribution in [2.75, 3.05) is 10.8 Å². The van der Waals surface area contributed by atoms with Crippen molar-refractivity contribution in [3.05, 3.63) is 95.1 Å². The molecule has 41 heavy (non-hydrogen) atoms. The van der Waals surface area contributed by atoms with Crippen LogP contribution >= 0.6 is 0 Å². The predicted molar refractivity (Wildman–Crippen MR) is 163 cm³/mol. The molecule has 0 heterocycles. The molecule has 1 aliphatic rings. The molecule has 1 fully saturated rings. The van der Waals surface area contributed by atoms with Crippen molar-refractivity contribution in [1.82, 2.24) is 10.2 Å². The Morgan fingerprint density at radius 1 is 0.854 bits per heavy atom. The Balaban J connectivity index is 1.68. The standard InChI is InChI=1S/C33H41N3O4S/c1-24-15-17-28(18-16-24)22-35(27(4)33(38)34-29-11-7-5-8-12-29)32(37)23-36(30-20-25(2)19-26(3)21-30)41(39,40)31-13-9-6-10-14-31/h6,9-10,13-21,27,29H,5,7-8,11-12,22-23H2,1-4H3,(H,34,38)/t27-/m0/s1. The Hall–Kier alpha value is -3.65. The van der Waals surface area contributed by atoms with Gasteiger partial charge in [0.25, 0.3) is 10.0 Å². The molecule has 2 amide bonds. The molecule has 8 heteroatoms. The van der Waals surface area contributed by atoms with Crippen molar-refractivity contribution < 1.29 is 18.0 Å². The number of carbonyl (C=O) groups excluding carboxylic acids is 2. The van der Waals surface area contributed by atoms with Gasteiger partial charge in [0.05, 0.1) is 10.6 Å². The molecule has 218 valence electrons. The third kappa shape index (κ3) is 7.76. The Labute approximate surface area is 244 Å². The molecule has 0 saturated heterocycles. The number of anilines is 1. The number of hydrogen-bond acceptors (Lipinski definition) is 4. The SMILES string of the molecule is Cc1ccc(CN(C(=O)CN(c2cc(C)cc(C)c2)S(=O)(=O)c2ccccc2)[C@@H](C)C(=O)NC2CCCCC2)cc1. The van der Waals surface area contributed by atoms with Crippen LogP contribution in [0.1, 0.15) is 61.3 Å². The van der Waals surface area contributed by atoms with Crippen molar-refractivity contribution in [3.8, 4) is 0 Å². The molecule has 4 rings (SSSR count). The lowest BCUT2D eigenvalue weighted by atomic mass is 9.95. The smallest absolute Gasteiger partial charge is 0.264 e. The van der Waals surface area contributed by atoms with Crippen LogP contribution in [0.25, 0.3) is 0 Å². The lowest BCUT2D eigenvalue weighted by molar-refractivity contribution is -0.139. The molecular formula is C33H41N3O4S. The lowest BCUT2D eigenvalue weighted by Crippen LogP contribution is -2.53. The van der Waals surface area contributed by atoms with Gasteiger partial charge in [0.15, 0.2) is 0 Å². The summed E-state index contributed by atoms with van der Waals surface area (Å²) in [6.07, 6.45) is 5.19. The van der Waals surface area contributed by atoms with Crippen molar-refractivity contribution in [2.24, 2.45) is 0 Å². The molecule has 0 unspecified atom stereocenters. The van der Waals surface area contributed by atoms with Crippen LogP contribution in [0.4, 0.5) is 5.69 Å². The van der Waals surface area contributed by atoms with Gasteiger partial charge in [-0.05, 0) is 81.5 Å². The highest BCUT2D eigenvalue weighted by molar-refractivity contribution is 7.92. The number of nitrogens with zero attached hydrogens (tertiary/aromatic N) is 2. The predicted octanol–water partition coefficient (Wildman–Crippen LogP) is 5.67. The molecule has 0 aromatic heterocycles. The quantitative estimate of drug-likeness (QED) is 0.337. The normalized spacial score (nSPS) is 14.7. The molecule has 1 saturated carbocycles. The van der Waals surface area contributed by atoms with E-state index in [1.807, 2.05) is 51.1 Å². The fourth-order valence-corrected chi connectivity index (χ4v) is 6.80. The van der Waals surface area contributed by atoms with E-state index in [1.165, 1.54) is 27.8 Å². The third-order valence-electron chi connectivity index (χ3n) is 7.70. The van der Waals surface area contributed by atoms with Gasteiger partial charge in [-0.25, -0.2) is 8.42 Å². The van der Waals surface area contributed by atoms with E-state index >= 15 is 0 Å². The van der Waals surface area contributed by atoms with Crippen molar-refractivity contribution in [3.63, 3.8) is 0 Å². The van der Waals surface area contributed by atoms with Gasteiger partial charge in [-0.3, -0.25) is 13.9 Å². The van der Waals surface area contributed by atoms with Gasteiger partial charge in [-0.2, -0.15) is 0 Å². The highest BCUT2D eigenvalue weighted by atomic mass is 32.2. The van der Waals surface area contributed by atoms with Crippen LogP contribution in [0.5, 0.6) is 0 Å². The van der Waals surface area contributed by atoms with Gasteiger partial charge in [-0.1, -0.05) is 73.4 Å². The minimum atomic E-state index is -4.08. The van der Waals surface area contributed by atoms with E-state index < -0.39 is 28.5 Å². The first-order chi connectivity index (χ1) is 19.5. The number of rotatable bonds is 10. The molecule has 0 aliphatic heterocycles. The van der Waals surface area contributed by atoms with Crippen LogP contribution in [0.2, 0.25) is 0 Å². The zero-order chi connectivity index (χ0) is 29.6. The van der Waals surface area contributed by atoms with Crippen LogP contribution in [0, 0.1) is 20.8 Å². The number of hydrogen-bond donors (Lipinski definition) is 1. The van der Waals surface area contributed by atoms with Gasteiger partial charge < -0.3 is 10.2 Å². The van der Waals surface area contributed by atoms with Crippen molar-refractivity contribution in [2.45, 2.75) is 83.3 Å². The van der Waals surface area contributed by atoms with E-state index in [-0.39, 0.29) is 23.4 Å². The second-order valence-electron chi connectivity index (χ2n) is 11.2. The minimum absolute atomic E-state index is 0.0973. The van der Waals surface area contributed by atoms with Crippen LogP contribution in [0.3, 0.4) is 0 Å². The van der Waals surface area contributed by atoms with E-state index in [1.54, 1.807) is 37.3 Å². The Bertz CT molecular complexity index is 1430. The number of benzene rings is 3. The monoisotopic (exact) mass is 575 g/mol. The largest absolute Gasteiger partial charge is 0.352 e.